The van der Waals surface area contributed by atoms with Gasteiger partial charge in [0.2, 0.25) is 0 Å². The van der Waals surface area contributed by atoms with Crippen LogP contribution in [0.25, 0.3) is 17.2 Å². The summed E-state index contributed by atoms with van der Waals surface area (Å²) >= 11 is 0. The van der Waals surface area contributed by atoms with Crippen LogP contribution in [-0.2, 0) is 4.74 Å². The van der Waals surface area contributed by atoms with Gasteiger partial charge >= 0.3 is 0 Å². The quantitative estimate of drug-likeness (QED) is 0.377. The molecule has 1 aliphatic rings. The monoisotopic (exact) mass is 384 g/mol. The molecule has 0 bridgehead atoms. The Morgan fingerprint density at radius 3 is 2.28 bits per heavy atom. The summed E-state index contributed by atoms with van der Waals surface area (Å²) in [5.41, 5.74) is 3.87. The SMILES string of the molecule is O=C(/C=C/c1ccc(OC2CCCCO2)cc1)c1ccc(-c2ccccc2)cc1. The minimum atomic E-state index is -0.148. The van der Waals surface area contributed by atoms with Crippen molar-refractivity contribution in [1.82, 2.24) is 0 Å². The Labute approximate surface area is 171 Å². The summed E-state index contributed by atoms with van der Waals surface area (Å²) in [5.74, 6) is 0.775. The van der Waals surface area contributed by atoms with Crippen molar-refractivity contribution in [3.05, 3.63) is 96.1 Å². The van der Waals surface area contributed by atoms with Gasteiger partial charge in [-0.15, -0.1) is 0 Å². The fourth-order valence-electron chi connectivity index (χ4n) is 3.34. The predicted molar refractivity (Wildman–Crippen MR) is 116 cm³/mol. The average molecular weight is 384 g/mol. The van der Waals surface area contributed by atoms with Gasteiger partial charge < -0.3 is 9.47 Å². The van der Waals surface area contributed by atoms with Crippen LogP contribution in [0, 0.1) is 0 Å². The first-order valence-corrected chi connectivity index (χ1v) is 10.0. The molecule has 0 aromatic heterocycles. The van der Waals surface area contributed by atoms with Crippen molar-refractivity contribution in [3.63, 3.8) is 0 Å². The van der Waals surface area contributed by atoms with Crippen LogP contribution in [0.1, 0.15) is 35.2 Å². The number of allylic oxidation sites excluding steroid dienone is 1. The molecule has 4 rings (SSSR count). The van der Waals surface area contributed by atoms with Crippen LogP contribution in [0.3, 0.4) is 0 Å². The average Bonchev–Trinajstić information content (AvgIpc) is 2.80. The standard InChI is InChI=1S/C26H24O3/c27-25(23-14-12-22(13-15-23)21-6-2-1-3-7-21)18-11-20-9-16-24(17-10-20)29-26-8-4-5-19-28-26/h1-3,6-7,9-18,26H,4-5,8,19H2/b18-11+. The van der Waals surface area contributed by atoms with Crippen LogP contribution in [-0.4, -0.2) is 18.7 Å². The van der Waals surface area contributed by atoms with Gasteiger partial charge in [-0.3, -0.25) is 4.79 Å². The lowest BCUT2D eigenvalue weighted by Crippen LogP contribution is -2.24. The van der Waals surface area contributed by atoms with Crippen molar-refractivity contribution in [2.75, 3.05) is 6.61 Å². The van der Waals surface area contributed by atoms with Gasteiger partial charge in [0.25, 0.3) is 0 Å². The summed E-state index contributed by atoms with van der Waals surface area (Å²) in [6.07, 6.45) is 6.46. The summed E-state index contributed by atoms with van der Waals surface area (Å²) in [6, 6.07) is 25.6. The van der Waals surface area contributed by atoms with Gasteiger partial charge in [0.05, 0.1) is 6.61 Å². The maximum Gasteiger partial charge on any atom is 0.199 e. The van der Waals surface area contributed by atoms with Crippen molar-refractivity contribution in [3.8, 4) is 16.9 Å². The molecule has 1 saturated heterocycles. The van der Waals surface area contributed by atoms with Crippen molar-refractivity contribution in [2.45, 2.75) is 25.6 Å². The lowest BCUT2D eigenvalue weighted by Gasteiger charge is -2.23. The lowest BCUT2D eigenvalue weighted by atomic mass is 10.0. The molecule has 3 aromatic rings. The minimum absolute atomic E-state index is 0.0134. The van der Waals surface area contributed by atoms with Crippen LogP contribution in [0.5, 0.6) is 5.75 Å². The van der Waals surface area contributed by atoms with Crippen LogP contribution >= 0.6 is 0 Å². The van der Waals surface area contributed by atoms with E-state index in [2.05, 4.69) is 12.1 Å². The number of carbonyl (C=O) groups is 1. The Morgan fingerprint density at radius 1 is 0.862 bits per heavy atom. The highest BCUT2D eigenvalue weighted by atomic mass is 16.7. The van der Waals surface area contributed by atoms with E-state index in [-0.39, 0.29) is 12.1 Å². The van der Waals surface area contributed by atoms with Gasteiger partial charge in [-0.2, -0.15) is 0 Å². The van der Waals surface area contributed by atoms with Gasteiger partial charge in [0.1, 0.15) is 5.75 Å². The fraction of sp³-hybridized carbons (Fsp3) is 0.192. The van der Waals surface area contributed by atoms with E-state index in [1.807, 2.05) is 72.8 Å². The van der Waals surface area contributed by atoms with Crippen molar-refractivity contribution in [2.24, 2.45) is 0 Å². The number of carbonyl (C=O) groups excluding carboxylic acids is 1. The summed E-state index contributed by atoms with van der Waals surface area (Å²) < 4.78 is 11.4. The fourth-order valence-corrected chi connectivity index (χ4v) is 3.34. The third kappa shape index (κ3) is 5.21. The first kappa shape index (κ1) is 19.2. The molecule has 3 heteroatoms. The van der Waals surface area contributed by atoms with E-state index in [0.717, 1.165) is 48.3 Å². The zero-order valence-corrected chi connectivity index (χ0v) is 16.3. The van der Waals surface area contributed by atoms with Gasteiger partial charge in [-0.1, -0.05) is 72.8 Å². The normalized spacial score (nSPS) is 16.6. The number of ketones is 1. The molecule has 146 valence electrons. The van der Waals surface area contributed by atoms with Crippen molar-refractivity contribution >= 4 is 11.9 Å². The number of benzene rings is 3. The molecule has 1 aliphatic heterocycles. The van der Waals surface area contributed by atoms with Gasteiger partial charge in [-0.05, 0) is 47.7 Å². The third-order valence-corrected chi connectivity index (χ3v) is 4.99. The van der Waals surface area contributed by atoms with Gasteiger partial charge in [0.15, 0.2) is 12.1 Å². The molecule has 0 amide bonds. The minimum Gasteiger partial charge on any atom is -0.465 e. The molecule has 0 spiro atoms. The van der Waals surface area contributed by atoms with E-state index in [1.165, 1.54) is 0 Å². The highest BCUT2D eigenvalue weighted by Gasteiger charge is 2.14. The van der Waals surface area contributed by atoms with Crippen LogP contribution in [0.2, 0.25) is 0 Å². The summed E-state index contributed by atoms with van der Waals surface area (Å²) in [5, 5.41) is 0. The van der Waals surface area contributed by atoms with Gasteiger partial charge in [-0.25, -0.2) is 0 Å². The van der Waals surface area contributed by atoms with E-state index in [1.54, 1.807) is 6.08 Å². The lowest BCUT2D eigenvalue weighted by molar-refractivity contribution is -0.105. The molecule has 0 N–H and O–H groups in total. The number of hydrogen-bond donors (Lipinski definition) is 0. The van der Waals surface area contributed by atoms with E-state index < -0.39 is 0 Å². The third-order valence-electron chi connectivity index (χ3n) is 4.99. The first-order valence-electron chi connectivity index (χ1n) is 10.0. The predicted octanol–water partition coefficient (Wildman–Crippen LogP) is 6.16. The van der Waals surface area contributed by atoms with Crippen LogP contribution in [0.4, 0.5) is 0 Å². The maximum absolute atomic E-state index is 12.5. The first-order chi connectivity index (χ1) is 14.3. The Kier molecular flexibility index (Phi) is 6.18. The molecule has 1 fully saturated rings. The molecule has 3 nitrogen and oxygen atoms in total. The molecule has 1 heterocycles. The van der Waals surface area contributed by atoms with Crippen molar-refractivity contribution in [1.29, 1.82) is 0 Å². The van der Waals surface area contributed by atoms with E-state index >= 15 is 0 Å². The zero-order chi connectivity index (χ0) is 19.9. The largest absolute Gasteiger partial charge is 0.465 e. The molecular formula is C26H24O3. The Morgan fingerprint density at radius 2 is 1.59 bits per heavy atom. The molecule has 0 saturated carbocycles. The van der Waals surface area contributed by atoms with E-state index in [0.29, 0.717) is 5.56 Å². The molecule has 29 heavy (non-hydrogen) atoms. The van der Waals surface area contributed by atoms with Crippen molar-refractivity contribution < 1.29 is 14.3 Å². The Bertz CT molecular complexity index is 951. The number of hydrogen-bond acceptors (Lipinski definition) is 3. The second-order valence-corrected chi connectivity index (χ2v) is 7.12. The summed E-state index contributed by atoms with van der Waals surface area (Å²) in [6.45, 7) is 0.764. The number of rotatable bonds is 6. The highest BCUT2D eigenvalue weighted by molar-refractivity contribution is 6.07. The molecule has 3 aromatic carbocycles. The van der Waals surface area contributed by atoms with Crippen LogP contribution < -0.4 is 4.74 Å². The Hall–Kier alpha value is -3.17. The van der Waals surface area contributed by atoms with Crippen LogP contribution in [0.15, 0.2) is 84.9 Å². The topological polar surface area (TPSA) is 35.5 Å². The smallest absolute Gasteiger partial charge is 0.199 e. The Balaban J connectivity index is 1.36. The number of ether oxygens (including phenoxy) is 2. The molecule has 0 radical (unpaired) electrons. The second-order valence-electron chi connectivity index (χ2n) is 7.12. The zero-order valence-electron chi connectivity index (χ0n) is 16.3. The second kappa shape index (κ2) is 9.35. The summed E-state index contributed by atoms with van der Waals surface area (Å²) in [7, 11) is 0. The molecule has 0 aliphatic carbocycles. The molecule has 1 unspecified atom stereocenters. The molecule has 1 atom stereocenters. The van der Waals surface area contributed by atoms with Gasteiger partial charge in [0, 0.05) is 12.0 Å². The van der Waals surface area contributed by atoms with E-state index in [4.69, 9.17) is 9.47 Å². The molecular weight excluding hydrogens is 360 g/mol. The summed E-state index contributed by atoms with van der Waals surface area (Å²) in [4.78, 5) is 12.5. The van der Waals surface area contributed by atoms with E-state index in [9.17, 15) is 4.79 Å². The maximum atomic E-state index is 12.5. The highest BCUT2D eigenvalue weighted by Crippen LogP contribution is 2.21.